The summed E-state index contributed by atoms with van der Waals surface area (Å²) in [6.07, 6.45) is -1.18. The van der Waals surface area contributed by atoms with Gasteiger partial charge in [0.15, 0.2) is 0 Å². The van der Waals surface area contributed by atoms with E-state index in [1.165, 1.54) is 12.1 Å². The lowest BCUT2D eigenvalue weighted by atomic mass is 10.1. The summed E-state index contributed by atoms with van der Waals surface area (Å²) in [5.41, 5.74) is 0.854. The second kappa shape index (κ2) is 8.66. The van der Waals surface area contributed by atoms with Gasteiger partial charge < -0.3 is 0 Å². The first kappa shape index (κ1) is 18.3. The third-order valence-electron chi connectivity index (χ3n) is 2.53. The third-order valence-corrected chi connectivity index (χ3v) is 2.74. The normalized spacial score (nSPS) is 10.2. The zero-order chi connectivity index (χ0) is 16.6. The molecule has 0 aliphatic carbocycles. The van der Waals surface area contributed by atoms with E-state index in [1.54, 1.807) is 12.1 Å². The molecule has 0 heterocycles. The smallest absolute Gasteiger partial charge is 0.166 e. The Morgan fingerprint density at radius 1 is 0.909 bits per heavy atom. The number of hydrogen-bond donors (Lipinski definition) is 0. The van der Waals surface area contributed by atoms with Crippen molar-refractivity contribution in [2.75, 3.05) is 0 Å². The van der Waals surface area contributed by atoms with Crippen LogP contribution in [0.3, 0.4) is 0 Å². The van der Waals surface area contributed by atoms with Gasteiger partial charge in [-0.2, -0.15) is 13.2 Å². The summed E-state index contributed by atoms with van der Waals surface area (Å²) in [7, 11) is 0. The van der Waals surface area contributed by atoms with Crippen molar-refractivity contribution in [1.29, 1.82) is 0 Å². The molecule has 0 atom stereocenters. The van der Waals surface area contributed by atoms with Crippen molar-refractivity contribution in [3.8, 4) is 0 Å². The molecule has 0 nitrogen and oxygen atoms in total. The van der Waals surface area contributed by atoms with Crippen LogP contribution in [0.5, 0.6) is 0 Å². The number of rotatable bonds is 2. The van der Waals surface area contributed by atoms with Crippen LogP contribution < -0.4 is 0 Å². The average Bonchev–Trinajstić information content (AvgIpc) is 2.47. The zero-order valence-corrected chi connectivity index (χ0v) is 13.0. The molecule has 0 aliphatic heterocycles. The van der Waals surface area contributed by atoms with Crippen LogP contribution in [0, 0.1) is 0 Å². The Kier molecular flexibility index (Phi) is 7.22. The molecule has 0 aliphatic rings. The minimum atomic E-state index is -4.26. The summed E-state index contributed by atoms with van der Waals surface area (Å²) in [6, 6.07) is 14.7. The number of hydrogen-bond acceptors (Lipinski definition) is 0. The highest BCUT2D eigenvalue weighted by Gasteiger charge is 2.29. The topological polar surface area (TPSA) is 0 Å². The Labute approximate surface area is 137 Å². The molecular formula is C17H13Cl2F3. The van der Waals surface area contributed by atoms with Gasteiger partial charge in [0.1, 0.15) is 4.49 Å². The predicted octanol–water partition coefficient (Wildman–Crippen LogP) is 6.81. The fourth-order valence-electron chi connectivity index (χ4n) is 1.52. The number of benzene rings is 2. The van der Waals surface area contributed by atoms with Crippen molar-refractivity contribution >= 4 is 35.4 Å². The Morgan fingerprint density at radius 3 is 2.00 bits per heavy atom. The average molecular weight is 345 g/mol. The van der Waals surface area contributed by atoms with Crippen LogP contribution in [0.25, 0.3) is 12.2 Å². The Balaban J connectivity index is 0.000000224. The maximum Gasteiger partial charge on any atom is 0.416 e. The Bertz CT molecular complexity index is 628. The second-order valence-electron chi connectivity index (χ2n) is 4.17. The van der Waals surface area contributed by atoms with Gasteiger partial charge in [-0.05, 0) is 29.3 Å². The summed E-state index contributed by atoms with van der Waals surface area (Å²) in [4.78, 5) is 0. The van der Waals surface area contributed by atoms with Crippen molar-refractivity contribution in [3.05, 3.63) is 82.4 Å². The van der Waals surface area contributed by atoms with E-state index in [0.29, 0.717) is 5.56 Å². The Morgan fingerprint density at radius 2 is 1.50 bits per heavy atom. The van der Waals surface area contributed by atoms with Gasteiger partial charge in [0.05, 0.1) is 5.56 Å². The number of alkyl halides is 3. The molecule has 0 unspecified atom stereocenters. The SMILES string of the molecule is C=Cc1cccc(C(F)(F)F)c1.ClC(Cl)=Cc1ccccc1. The van der Waals surface area contributed by atoms with Crippen LogP contribution in [-0.4, -0.2) is 0 Å². The van der Waals surface area contributed by atoms with Crippen molar-refractivity contribution < 1.29 is 13.2 Å². The molecule has 0 spiro atoms. The fourth-order valence-corrected chi connectivity index (χ4v) is 1.77. The first-order chi connectivity index (χ1) is 10.3. The molecule has 0 aromatic heterocycles. The van der Waals surface area contributed by atoms with Crippen LogP contribution in [-0.2, 0) is 6.18 Å². The molecule has 0 saturated carbocycles. The van der Waals surface area contributed by atoms with E-state index in [2.05, 4.69) is 6.58 Å². The van der Waals surface area contributed by atoms with E-state index in [-0.39, 0.29) is 4.49 Å². The van der Waals surface area contributed by atoms with Gasteiger partial charge in [0.2, 0.25) is 0 Å². The van der Waals surface area contributed by atoms with Gasteiger partial charge >= 0.3 is 6.18 Å². The predicted molar refractivity (Wildman–Crippen MR) is 87.7 cm³/mol. The molecule has 2 aromatic carbocycles. The second-order valence-corrected chi connectivity index (χ2v) is 5.18. The standard InChI is InChI=1S/C9H7F3.C8H6Cl2/c1-2-7-4-3-5-8(6-7)9(10,11)12;9-8(10)6-7-4-2-1-3-5-7/h2-6H,1H2;1-6H. The minimum absolute atomic E-state index is 0.284. The third kappa shape index (κ3) is 6.83. The van der Waals surface area contributed by atoms with Crippen molar-refractivity contribution in [3.63, 3.8) is 0 Å². The molecule has 0 fully saturated rings. The highest BCUT2D eigenvalue weighted by molar-refractivity contribution is 6.57. The summed E-state index contributed by atoms with van der Waals surface area (Å²) in [5, 5.41) is 0. The van der Waals surface area contributed by atoms with Crippen LogP contribution in [0.15, 0.2) is 65.7 Å². The molecule has 116 valence electrons. The Hall–Kier alpha value is -1.71. The van der Waals surface area contributed by atoms with Crippen LogP contribution in [0.4, 0.5) is 13.2 Å². The van der Waals surface area contributed by atoms with E-state index in [1.807, 2.05) is 30.3 Å². The number of halogens is 5. The van der Waals surface area contributed by atoms with Crippen molar-refractivity contribution in [1.82, 2.24) is 0 Å². The van der Waals surface area contributed by atoms with E-state index in [0.717, 1.165) is 17.7 Å². The summed E-state index contributed by atoms with van der Waals surface area (Å²) in [5.74, 6) is 0. The zero-order valence-electron chi connectivity index (χ0n) is 11.4. The molecule has 0 radical (unpaired) electrons. The minimum Gasteiger partial charge on any atom is -0.166 e. The molecular weight excluding hydrogens is 332 g/mol. The highest BCUT2D eigenvalue weighted by Crippen LogP contribution is 2.29. The van der Waals surface area contributed by atoms with Gasteiger partial charge in [-0.3, -0.25) is 0 Å². The van der Waals surface area contributed by atoms with Crippen molar-refractivity contribution in [2.24, 2.45) is 0 Å². The van der Waals surface area contributed by atoms with E-state index in [9.17, 15) is 13.2 Å². The quantitative estimate of drug-likeness (QED) is 0.561. The van der Waals surface area contributed by atoms with Crippen LogP contribution in [0.2, 0.25) is 0 Å². The molecule has 0 bridgehead atoms. The first-order valence-electron chi connectivity index (χ1n) is 6.20. The monoisotopic (exact) mass is 344 g/mol. The van der Waals surface area contributed by atoms with Gasteiger partial charge in [0, 0.05) is 0 Å². The van der Waals surface area contributed by atoms with Gasteiger partial charge in [-0.25, -0.2) is 0 Å². The highest BCUT2D eigenvalue weighted by atomic mass is 35.5. The molecule has 5 heteroatoms. The van der Waals surface area contributed by atoms with Crippen molar-refractivity contribution in [2.45, 2.75) is 6.18 Å². The largest absolute Gasteiger partial charge is 0.416 e. The molecule has 0 saturated heterocycles. The maximum atomic E-state index is 12.1. The van der Waals surface area contributed by atoms with Gasteiger partial charge in [-0.1, -0.05) is 78.3 Å². The van der Waals surface area contributed by atoms with E-state index < -0.39 is 11.7 Å². The summed E-state index contributed by atoms with van der Waals surface area (Å²) in [6.45, 7) is 3.39. The molecule has 2 aromatic rings. The lowest BCUT2D eigenvalue weighted by molar-refractivity contribution is -0.137. The fraction of sp³-hybridized carbons (Fsp3) is 0.0588. The molecule has 0 N–H and O–H groups in total. The lowest BCUT2D eigenvalue weighted by Gasteiger charge is -2.06. The van der Waals surface area contributed by atoms with Crippen LogP contribution in [0.1, 0.15) is 16.7 Å². The lowest BCUT2D eigenvalue weighted by Crippen LogP contribution is -2.04. The first-order valence-corrected chi connectivity index (χ1v) is 6.96. The van der Waals surface area contributed by atoms with Gasteiger partial charge in [-0.15, -0.1) is 0 Å². The molecule has 2 rings (SSSR count). The molecule has 0 amide bonds. The van der Waals surface area contributed by atoms with E-state index >= 15 is 0 Å². The summed E-state index contributed by atoms with van der Waals surface area (Å²) < 4.78 is 36.5. The molecule has 22 heavy (non-hydrogen) atoms. The van der Waals surface area contributed by atoms with Gasteiger partial charge in [0.25, 0.3) is 0 Å². The summed E-state index contributed by atoms with van der Waals surface area (Å²) >= 11 is 10.9. The maximum absolute atomic E-state index is 12.1. The van der Waals surface area contributed by atoms with Crippen LogP contribution >= 0.6 is 23.2 Å². The van der Waals surface area contributed by atoms with E-state index in [4.69, 9.17) is 23.2 Å².